The van der Waals surface area contributed by atoms with Crippen LogP contribution in [0.1, 0.15) is 28.9 Å². The standard InChI is InChI=1S/C12H17NO3/c1-8(13(2)3)9-6-5-7-10(16-4)11(9)12(14)15/h5-8H,1-4H3,(H,14,15). The first-order valence-electron chi connectivity index (χ1n) is 5.05. The minimum atomic E-state index is -0.957. The number of methoxy groups -OCH3 is 1. The first-order valence-corrected chi connectivity index (χ1v) is 5.05. The minimum absolute atomic E-state index is 0.0289. The summed E-state index contributed by atoms with van der Waals surface area (Å²) in [5.74, 6) is -0.556. The average molecular weight is 223 g/mol. The summed E-state index contributed by atoms with van der Waals surface area (Å²) in [6.07, 6.45) is 0. The van der Waals surface area contributed by atoms with Crippen molar-refractivity contribution in [1.82, 2.24) is 4.90 Å². The van der Waals surface area contributed by atoms with Gasteiger partial charge < -0.3 is 14.7 Å². The van der Waals surface area contributed by atoms with E-state index in [1.54, 1.807) is 12.1 Å². The average Bonchev–Trinajstić information content (AvgIpc) is 2.26. The van der Waals surface area contributed by atoms with Crippen LogP contribution in [0.25, 0.3) is 0 Å². The zero-order chi connectivity index (χ0) is 12.3. The zero-order valence-corrected chi connectivity index (χ0v) is 10.0. The van der Waals surface area contributed by atoms with E-state index >= 15 is 0 Å². The lowest BCUT2D eigenvalue weighted by Gasteiger charge is -2.22. The molecule has 1 N–H and O–H groups in total. The van der Waals surface area contributed by atoms with Gasteiger partial charge in [-0.2, -0.15) is 0 Å². The van der Waals surface area contributed by atoms with Crippen LogP contribution in [0, 0.1) is 0 Å². The third kappa shape index (κ3) is 2.33. The molecule has 0 fully saturated rings. The second kappa shape index (κ2) is 4.99. The number of ether oxygens (including phenoxy) is 1. The predicted molar refractivity (Wildman–Crippen MR) is 62.1 cm³/mol. The number of carboxylic acid groups (broad SMARTS) is 1. The number of aromatic carboxylic acids is 1. The molecule has 0 spiro atoms. The summed E-state index contributed by atoms with van der Waals surface area (Å²) in [6, 6.07) is 5.31. The normalized spacial score (nSPS) is 12.6. The van der Waals surface area contributed by atoms with Crippen LogP contribution in [0.15, 0.2) is 18.2 Å². The van der Waals surface area contributed by atoms with Crippen LogP contribution in [0.3, 0.4) is 0 Å². The van der Waals surface area contributed by atoms with Gasteiger partial charge in [-0.3, -0.25) is 0 Å². The van der Waals surface area contributed by atoms with Gasteiger partial charge in [0.25, 0.3) is 0 Å². The van der Waals surface area contributed by atoms with Crippen molar-refractivity contribution in [3.63, 3.8) is 0 Å². The molecule has 0 heterocycles. The number of nitrogens with zero attached hydrogens (tertiary/aromatic N) is 1. The Kier molecular flexibility index (Phi) is 3.90. The fourth-order valence-electron chi connectivity index (χ4n) is 1.57. The molecular weight excluding hydrogens is 206 g/mol. The molecule has 0 amide bonds. The van der Waals surface area contributed by atoms with Crippen molar-refractivity contribution in [2.75, 3.05) is 21.2 Å². The van der Waals surface area contributed by atoms with Crippen molar-refractivity contribution in [2.45, 2.75) is 13.0 Å². The van der Waals surface area contributed by atoms with Crippen LogP contribution in [0.4, 0.5) is 0 Å². The number of carboxylic acids is 1. The Morgan fingerprint density at radius 2 is 2.06 bits per heavy atom. The van der Waals surface area contributed by atoms with Gasteiger partial charge in [-0.25, -0.2) is 4.79 Å². The highest BCUT2D eigenvalue weighted by Gasteiger charge is 2.20. The Morgan fingerprint density at radius 3 is 2.50 bits per heavy atom. The molecule has 0 saturated carbocycles. The van der Waals surface area contributed by atoms with E-state index in [4.69, 9.17) is 4.74 Å². The lowest BCUT2D eigenvalue weighted by molar-refractivity contribution is 0.0690. The molecule has 4 nitrogen and oxygen atoms in total. The highest BCUT2D eigenvalue weighted by Crippen LogP contribution is 2.28. The van der Waals surface area contributed by atoms with E-state index in [9.17, 15) is 9.90 Å². The van der Waals surface area contributed by atoms with Crippen molar-refractivity contribution >= 4 is 5.97 Å². The maximum Gasteiger partial charge on any atom is 0.339 e. The fourth-order valence-corrected chi connectivity index (χ4v) is 1.57. The Morgan fingerprint density at radius 1 is 1.44 bits per heavy atom. The van der Waals surface area contributed by atoms with Gasteiger partial charge in [0.1, 0.15) is 11.3 Å². The summed E-state index contributed by atoms with van der Waals surface area (Å²) in [6.45, 7) is 1.96. The summed E-state index contributed by atoms with van der Waals surface area (Å²) in [4.78, 5) is 13.2. The molecule has 0 saturated heterocycles. The smallest absolute Gasteiger partial charge is 0.339 e. The Balaban J connectivity index is 3.33. The van der Waals surface area contributed by atoms with E-state index in [0.717, 1.165) is 5.56 Å². The van der Waals surface area contributed by atoms with Crippen molar-refractivity contribution in [3.8, 4) is 5.75 Å². The van der Waals surface area contributed by atoms with E-state index in [0.29, 0.717) is 5.75 Å². The van der Waals surface area contributed by atoms with Crippen LogP contribution in [-0.2, 0) is 0 Å². The predicted octanol–water partition coefficient (Wildman–Crippen LogP) is 2.02. The summed E-state index contributed by atoms with van der Waals surface area (Å²) in [5, 5.41) is 9.21. The van der Waals surface area contributed by atoms with Gasteiger partial charge in [-0.15, -0.1) is 0 Å². The highest BCUT2D eigenvalue weighted by molar-refractivity contribution is 5.92. The fraction of sp³-hybridized carbons (Fsp3) is 0.417. The monoisotopic (exact) mass is 223 g/mol. The molecule has 16 heavy (non-hydrogen) atoms. The Bertz CT molecular complexity index is 388. The van der Waals surface area contributed by atoms with Gasteiger partial charge in [-0.1, -0.05) is 12.1 Å². The van der Waals surface area contributed by atoms with E-state index in [1.807, 2.05) is 32.0 Å². The molecule has 0 aliphatic rings. The van der Waals surface area contributed by atoms with Gasteiger partial charge in [0, 0.05) is 6.04 Å². The van der Waals surface area contributed by atoms with Crippen LogP contribution in [0.2, 0.25) is 0 Å². The van der Waals surface area contributed by atoms with Crippen LogP contribution in [0.5, 0.6) is 5.75 Å². The molecule has 0 aliphatic heterocycles. The van der Waals surface area contributed by atoms with Gasteiger partial charge in [0.15, 0.2) is 0 Å². The van der Waals surface area contributed by atoms with Crippen molar-refractivity contribution < 1.29 is 14.6 Å². The Hall–Kier alpha value is -1.55. The summed E-state index contributed by atoms with van der Waals surface area (Å²) in [5.41, 5.74) is 1.00. The number of carbonyl (C=O) groups is 1. The second-order valence-electron chi connectivity index (χ2n) is 3.87. The largest absolute Gasteiger partial charge is 0.496 e. The van der Waals surface area contributed by atoms with Crippen molar-refractivity contribution in [2.24, 2.45) is 0 Å². The molecule has 0 aliphatic carbocycles. The van der Waals surface area contributed by atoms with E-state index < -0.39 is 5.97 Å². The lowest BCUT2D eigenvalue weighted by atomic mass is 10.00. The molecule has 0 aromatic heterocycles. The molecule has 1 unspecified atom stereocenters. The first-order chi connectivity index (χ1) is 7.49. The summed E-state index contributed by atoms with van der Waals surface area (Å²) >= 11 is 0. The second-order valence-corrected chi connectivity index (χ2v) is 3.87. The Labute approximate surface area is 95.5 Å². The first kappa shape index (κ1) is 12.5. The molecule has 88 valence electrons. The molecule has 1 aromatic carbocycles. The molecule has 4 heteroatoms. The molecular formula is C12H17NO3. The van der Waals surface area contributed by atoms with E-state index in [2.05, 4.69) is 0 Å². The zero-order valence-electron chi connectivity index (χ0n) is 10.0. The van der Waals surface area contributed by atoms with Gasteiger partial charge in [0.2, 0.25) is 0 Å². The molecule has 0 bridgehead atoms. The van der Waals surface area contributed by atoms with E-state index in [1.165, 1.54) is 7.11 Å². The quantitative estimate of drug-likeness (QED) is 0.848. The van der Waals surface area contributed by atoms with E-state index in [-0.39, 0.29) is 11.6 Å². The number of benzene rings is 1. The summed E-state index contributed by atoms with van der Waals surface area (Å²) < 4.78 is 5.08. The van der Waals surface area contributed by atoms with Crippen LogP contribution in [-0.4, -0.2) is 37.2 Å². The molecule has 1 rings (SSSR count). The molecule has 1 atom stereocenters. The topological polar surface area (TPSA) is 49.8 Å². The van der Waals surface area contributed by atoms with Crippen LogP contribution < -0.4 is 4.74 Å². The van der Waals surface area contributed by atoms with Crippen molar-refractivity contribution in [1.29, 1.82) is 0 Å². The number of hydrogen-bond acceptors (Lipinski definition) is 3. The maximum absolute atomic E-state index is 11.2. The number of rotatable bonds is 4. The summed E-state index contributed by atoms with van der Waals surface area (Å²) in [7, 11) is 5.30. The van der Waals surface area contributed by atoms with Crippen LogP contribution >= 0.6 is 0 Å². The molecule has 0 radical (unpaired) electrons. The lowest BCUT2D eigenvalue weighted by Crippen LogP contribution is -2.19. The minimum Gasteiger partial charge on any atom is -0.496 e. The number of hydrogen-bond donors (Lipinski definition) is 1. The molecule has 1 aromatic rings. The third-order valence-corrected chi connectivity index (χ3v) is 2.72. The van der Waals surface area contributed by atoms with Gasteiger partial charge in [0.05, 0.1) is 7.11 Å². The third-order valence-electron chi connectivity index (χ3n) is 2.72. The van der Waals surface area contributed by atoms with Crippen molar-refractivity contribution in [3.05, 3.63) is 29.3 Å². The SMILES string of the molecule is COc1cccc(C(C)N(C)C)c1C(=O)O. The highest BCUT2D eigenvalue weighted by atomic mass is 16.5. The van der Waals surface area contributed by atoms with Gasteiger partial charge in [-0.05, 0) is 32.6 Å². The van der Waals surface area contributed by atoms with Gasteiger partial charge >= 0.3 is 5.97 Å². The maximum atomic E-state index is 11.2.